The van der Waals surface area contributed by atoms with Gasteiger partial charge in [0.05, 0.1) is 11.3 Å². The van der Waals surface area contributed by atoms with Gasteiger partial charge in [-0.1, -0.05) is 54.6 Å². The molecule has 0 aliphatic carbocycles. The average molecular weight is 416 g/mol. The van der Waals surface area contributed by atoms with Crippen LogP contribution in [-0.2, 0) is 16.1 Å². The van der Waals surface area contributed by atoms with Gasteiger partial charge in [-0.2, -0.15) is 5.11 Å². The van der Waals surface area contributed by atoms with Gasteiger partial charge in [0.25, 0.3) is 0 Å². The molecule has 0 radical (unpaired) electrons. The number of hydrogen-bond acceptors (Lipinski definition) is 7. The lowest BCUT2D eigenvalue weighted by molar-refractivity contribution is -0.139. The number of ether oxygens (including phenoxy) is 1. The molecule has 2 N–H and O–H groups in total. The molecule has 0 bridgehead atoms. The van der Waals surface area contributed by atoms with Gasteiger partial charge in [-0.25, -0.2) is 4.79 Å². The fourth-order valence-corrected chi connectivity index (χ4v) is 2.74. The highest BCUT2D eigenvalue weighted by Crippen LogP contribution is 2.36. The lowest BCUT2D eigenvalue weighted by atomic mass is 10.0. The maximum Gasteiger partial charge on any atom is 0.330 e. The molecule has 3 aromatic carbocycles. The van der Waals surface area contributed by atoms with E-state index in [1.807, 2.05) is 0 Å². The molecule has 0 saturated heterocycles. The van der Waals surface area contributed by atoms with Gasteiger partial charge >= 0.3 is 5.97 Å². The van der Waals surface area contributed by atoms with Crippen molar-refractivity contribution in [3.8, 4) is 11.5 Å². The van der Waals surface area contributed by atoms with Crippen molar-refractivity contribution in [1.82, 2.24) is 0 Å². The Morgan fingerprint density at radius 3 is 2.32 bits per heavy atom. The Bertz CT molecular complexity index is 1150. The fraction of sp³-hybridized carbons (Fsp3) is 0.0833. The molecule has 0 amide bonds. The summed E-state index contributed by atoms with van der Waals surface area (Å²) in [5.74, 6) is -1.58. The molecule has 156 valence electrons. The van der Waals surface area contributed by atoms with Gasteiger partial charge in [0.15, 0.2) is 5.78 Å². The van der Waals surface area contributed by atoms with Crippen LogP contribution >= 0.6 is 0 Å². The van der Waals surface area contributed by atoms with Crippen molar-refractivity contribution in [2.75, 3.05) is 0 Å². The molecular formula is C24H20N2O5. The van der Waals surface area contributed by atoms with E-state index in [0.29, 0.717) is 16.8 Å². The predicted molar refractivity (Wildman–Crippen MR) is 115 cm³/mol. The quantitative estimate of drug-likeness (QED) is 0.233. The summed E-state index contributed by atoms with van der Waals surface area (Å²) in [7, 11) is 0. The molecule has 0 aliphatic heterocycles. The molecular weight excluding hydrogens is 396 g/mol. The van der Waals surface area contributed by atoms with Crippen LogP contribution < -0.4 is 0 Å². The molecule has 0 aromatic heterocycles. The number of benzene rings is 3. The van der Waals surface area contributed by atoms with E-state index in [1.165, 1.54) is 12.1 Å². The maximum absolute atomic E-state index is 12.7. The Morgan fingerprint density at radius 2 is 1.58 bits per heavy atom. The standard InChI is InChI=1S/C24H20N2O5/c1-2-8-23(29)31-15-17-11-6-7-12-19(17)25-26-20-13-18(21(27)14-22(20)28)24(30)16-9-4-3-5-10-16/h2-14,27-28H,15H2,1H3. The summed E-state index contributed by atoms with van der Waals surface area (Å²) in [5.41, 5.74) is 1.44. The Kier molecular flexibility index (Phi) is 6.90. The summed E-state index contributed by atoms with van der Waals surface area (Å²) < 4.78 is 5.15. The van der Waals surface area contributed by atoms with Crippen LogP contribution in [0.2, 0.25) is 0 Å². The van der Waals surface area contributed by atoms with E-state index in [2.05, 4.69) is 10.2 Å². The number of allylic oxidation sites excluding steroid dienone is 1. The molecule has 31 heavy (non-hydrogen) atoms. The Hall–Kier alpha value is -4.26. The molecule has 0 spiro atoms. The molecule has 0 unspecified atom stereocenters. The van der Waals surface area contributed by atoms with Gasteiger partial charge in [0, 0.05) is 23.3 Å². The Morgan fingerprint density at radius 1 is 0.903 bits per heavy atom. The maximum atomic E-state index is 12.7. The summed E-state index contributed by atoms with van der Waals surface area (Å²) >= 11 is 0. The third kappa shape index (κ3) is 5.42. The minimum Gasteiger partial charge on any atom is -0.507 e. The van der Waals surface area contributed by atoms with Crippen molar-refractivity contribution in [3.05, 3.63) is 95.6 Å². The zero-order chi connectivity index (χ0) is 22.2. The van der Waals surface area contributed by atoms with E-state index in [1.54, 1.807) is 67.6 Å². The molecule has 0 atom stereocenters. The summed E-state index contributed by atoms with van der Waals surface area (Å²) in [4.78, 5) is 24.2. The number of nitrogens with zero attached hydrogens (tertiary/aromatic N) is 2. The Balaban J connectivity index is 1.88. The first-order valence-corrected chi connectivity index (χ1v) is 9.44. The van der Waals surface area contributed by atoms with Gasteiger partial charge in [0.2, 0.25) is 0 Å². The molecule has 0 aliphatic rings. The first kappa shape index (κ1) is 21.4. The van der Waals surface area contributed by atoms with E-state index >= 15 is 0 Å². The van der Waals surface area contributed by atoms with Gasteiger partial charge < -0.3 is 14.9 Å². The normalized spacial score (nSPS) is 11.1. The number of aromatic hydroxyl groups is 2. The monoisotopic (exact) mass is 416 g/mol. The lowest BCUT2D eigenvalue weighted by Gasteiger charge is -2.07. The largest absolute Gasteiger partial charge is 0.507 e. The third-order valence-corrected chi connectivity index (χ3v) is 4.30. The first-order chi connectivity index (χ1) is 15.0. The molecule has 3 aromatic rings. The van der Waals surface area contributed by atoms with Crippen molar-refractivity contribution in [2.45, 2.75) is 13.5 Å². The second-order valence-corrected chi connectivity index (χ2v) is 6.49. The van der Waals surface area contributed by atoms with Crippen LogP contribution in [0.25, 0.3) is 0 Å². The van der Waals surface area contributed by atoms with Gasteiger partial charge in [-0.3, -0.25) is 4.79 Å². The van der Waals surface area contributed by atoms with Crippen molar-refractivity contribution in [3.63, 3.8) is 0 Å². The smallest absolute Gasteiger partial charge is 0.330 e. The van der Waals surface area contributed by atoms with E-state index in [-0.39, 0.29) is 29.4 Å². The van der Waals surface area contributed by atoms with Gasteiger partial charge in [-0.05, 0) is 19.1 Å². The highest BCUT2D eigenvalue weighted by atomic mass is 16.5. The number of carbonyl (C=O) groups is 2. The summed E-state index contributed by atoms with van der Waals surface area (Å²) in [6.45, 7) is 1.71. The van der Waals surface area contributed by atoms with Crippen LogP contribution in [0.15, 0.2) is 89.1 Å². The summed E-state index contributed by atoms with van der Waals surface area (Å²) in [5, 5.41) is 28.4. The molecule has 7 heteroatoms. The zero-order valence-corrected chi connectivity index (χ0v) is 16.7. The number of carbonyl (C=O) groups excluding carboxylic acids is 2. The highest BCUT2D eigenvalue weighted by Gasteiger charge is 2.17. The molecule has 0 heterocycles. The number of esters is 1. The minimum atomic E-state index is -0.477. The van der Waals surface area contributed by atoms with Gasteiger partial charge in [0.1, 0.15) is 23.8 Å². The molecule has 0 fully saturated rings. The topological polar surface area (TPSA) is 109 Å². The second kappa shape index (κ2) is 9.98. The van der Waals surface area contributed by atoms with Gasteiger partial charge in [-0.15, -0.1) is 5.11 Å². The summed E-state index contributed by atoms with van der Waals surface area (Å²) in [6, 6.07) is 17.7. The second-order valence-electron chi connectivity index (χ2n) is 6.49. The van der Waals surface area contributed by atoms with E-state index in [9.17, 15) is 19.8 Å². The van der Waals surface area contributed by atoms with Crippen LogP contribution in [0.4, 0.5) is 11.4 Å². The summed E-state index contributed by atoms with van der Waals surface area (Å²) in [6.07, 6.45) is 2.89. The number of hydrogen-bond donors (Lipinski definition) is 2. The van der Waals surface area contributed by atoms with Crippen LogP contribution in [0.5, 0.6) is 11.5 Å². The highest BCUT2D eigenvalue weighted by molar-refractivity contribution is 6.11. The number of ketones is 1. The zero-order valence-electron chi connectivity index (χ0n) is 16.7. The van der Waals surface area contributed by atoms with Crippen LogP contribution in [0.3, 0.4) is 0 Å². The van der Waals surface area contributed by atoms with Crippen LogP contribution in [-0.4, -0.2) is 22.0 Å². The first-order valence-electron chi connectivity index (χ1n) is 9.44. The fourth-order valence-electron chi connectivity index (χ4n) is 2.74. The molecule has 0 saturated carbocycles. The lowest BCUT2D eigenvalue weighted by Crippen LogP contribution is -2.01. The van der Waals surface area contributed by atoms with E-state index in [0.717, 1.165) is 6.07 Å². The van der Waals surface area contributed by atoms with Crippen LogP contribution in [0.1, 0.15) is 28.4 Å². The SMILES string of the molecule is CC=CC(=O)OCc1ccccc1N=Nc1cc(C(=O)c2ccccc2)c(O)cc1O. The van der Waals surface area contributed by atoms with Crippen molar-refractivity contribution in [2.24, 2.45) is 10.2 Å². The van der Waals surface area contributed by atoms with Crippen LogP contribution in [0, 0.1) is 0 Å². The van der Waals surface area contributed by atoms with E-state index in [4.69, 9.17) is 4.74 Å². The Labute approximate surface area is 179 Å². The van der Waals surface area contributed by atoms with Crippen molar-refractivity contribution >= 4 is 23.1 Å². The van der Waals surface area contributed by atoms with E-state index < -0.39 is 11.8 Å². The molecule has 3 rings (SSSR count). The number of phenols is 2. The number of phenolic OH excluding ortho intramolecular Hbond substituents is 2. The third-order valence-electron chi connectivity index (χ3n) is 4.30. The molecule has 7 nitrogen and oxygen atoms in total. The average Bonchev–Trinajstić information content (AvgIpc) is 2.78. The number of azo groups is 1. The van der Waals surface area contributed by atoms with Crippen molar-refractivity contribution in [1.29, 1.82) is 0 Å². The van der Waals surface area contributed by atoms with Crippen molar-refractivity contribution < 1.29 is 24.5 Å². The minimum absolute atomic E-state index is 0.00231. The predicted octanol–water partition coefficient (Wildman–Crippen LogP) is 5.36. The number of rotatable bonds is 7.